The lowest BCUT2D eigenvalue weighted by molar-refractivity contribution is -0.142. The van der Waals surface area contributed by atoms with Gasteiger partial charge in [-0.05, 0) is 37.8 Å². The molecule has 0 aliphatic carbocycles. The van der Waals surface area contributed by atoms with Crippen molar-refractivity contribution in [3.8, 4) is 0 Å². The number of unbranched alkanes of at least 4 members (excludes halogenated alkanes) is 1. The molecule has 2 aliphatic rings. The highest BCUT2D eigenvalue weighted by Crippen LogP contribution is 2.16. The summed E-state index contributed by atoms with van der Waals surface area (Å²) in [5.74, 6) is 0.762. The Kier molecular flexibility index (Phi) is 10.5. The molecule has 180 valence electrons. The topological polar surface area (TPSA) is 75.5 Å². The highest BCUT2D eigenvalue weighted by atomic mass is 16.5. The van der Waals surface area contributed by atoms with Crippen LogP contribution in [0.2, 0.25) is 0 Å². The normalized spacial score (nSPS) is 19.2. The highest BCUT2D eigenvalue weighted by molar-refractivity contribution is 5.84. The number of nitrogens with zero attached hydrogens (tertiary/aromatic N) is 3. The second-order valence-electron chi connectivity index (χ2n) is 8.72. The first-order valence-electron chi connectivity index (χ1n) is 12.2. The van der Waals surface area contributed by atoms with Crippen LogP contribution in [-0.4, -0.2) is 91.7 Å². The SMILES string of the molecule is CCCCC(=O)N(CCCN1CCOCC1)CC(=O)N(Cc1ccco1)CC1CCCO1. The molecule has 8 heteroatoms. The molecule has 0 N–H and O–H groups in total. The molecule has 8 nitrogen and oxygen atoms in total. The summed E-state index contributed by atoms with van der Waals surface area (Å²) in [5.41, 5.74) is 0. The summed E-state index contributed by atoms with van der Waals surface area (Å²) < 4.78 is 16.7. The van der Waals surface area contributed by atoms with E-state index >= 15 is 0 Å². The number of rotatable bonds is 13. The molecular formula is C24H39N3O5. The number of carbonyl (C=O) groups is 2. The van der Waals surface area contributed by atoms with E-state index in [1.807, 2.05) is 12.1 Å². The van der Waals surface area contributed by atoms with Crippen LogP contribution in [0.5, 0.6) is 0 Å². The second kappa shape index (κ2) is 13.6. The van der Waals surface area contributed by atoms with Gasteiger partial charge < -0.3 is 23.7 Å². The minimum atomic E-state index is -0.0480. The van der Waals surface area contributed by atoms with Gasteiger partial charge in [-0.3, -0.25) is 14.5 Å². The summed E-state index contributed by atoms with van der Waals surface area (Å²) in [4.78, 5) is 32.1. The maximum atomic E-state index is 13.3. The van der Waals surface area contributed by atoms with E-state index in [0.717, 1.165) is 77.3 Å². The maximum absolute atomic E-state index is 13.3. The van der Waals surface area contributed by atoms with Gasteiger partial charge in [0.05, 0.1) is 38.7 Å². The average Bonchev–Trinajstić information content (AvgIpc) is 3.51. The lowest BCUT2D eigenvalue weighted by atomic mass is 10.2. The predicted octanol–water partition coefficient (Wildman–Crippen LogP) is 2.53. The van der Waals surface area contributed by atoms with E-state index in [9.17, 15) is 9.59 Å². The molecule has 2 fully saturated rings. The summed E-state index contributed by atoms with van der Waals surface area (Å²) >= 11 is 0. The number of ether oxygens (including phenoxy) is 2. The molecule has 2 saturated heterocycles. The Balaban J connectivity index is 1.58. The van der Waals surface area contributed by atoms with Crippen LogP contribution in [0.4, 0.5) is 0 Å². The van der Waals surface area contributed by atoms with Gasteiger partial charge in [-0.2, -0.15) is 0 Å². The lowest BCUT2D eigenvalue weighted by Crippen LogP contribution is -2.46. The fourth-order valence-electron chi connectivity index (χ4n) is 4.23. The third-order valence-electron chi connectivity index (χ3n) is 6.16. The number of carbonyl (C=O) groups excluding carboxylic acids is 2. The van der Waals surface area contributed by atoms with Gasteiger partial charge in [0.15, 0.2) is 0 Å². The minimum absolute atomic E-state index is 0.0480. The number of hydrogen-bond donors (Lipinski definition) is 0. The number of furan rings is 1. The van der Waals surface area contributed by atoms with E-state index in [2.05, 4.69) is 11.8 Å². The first-order valence-corrected chi connectivity index (χ1v) is 12.2. The van der Waals surface area contributed by atoms with E-state index in [4.69, 9.17) is 13.9 Å². The molecule has 32 heavy (non-hydrogen) atoms. The summed E-state index contributed by atoms with van der Waals surface area (Å²) in [5, 5.41) is 0. The Morgan fingerprint density at radius 1 is 1.12 bits per heavy atom. The van der Waals surface area contributed by atoms with Crippen LogP contribution in [0.3, 0.4) is 0 Å². The van der Waals surface area contributed by atoms with Crippen molar-refractivity contribution in [2.75, 3.05) is 59.1 Å². The molecular weight excluding hydrogens is 410 g/mol. The van der Waals surface area contributed by atoms with Gasteiger partial charge in [0, 0.05) is 45.8 Å². The van der Waals surface area contributed by atoms with Crippen LogP contribution in [0.1, 0.15) is 51.2 Å². The fraction of sp³-hybridized carbons (Fsp3) is 0.750. The van der Waals surface area contributed by atoms with Crippen molar-refractivity contribution in [3.05, 3.63) is 24.2 Å². The van der Waals surface area contributed by atoms with E-state index in [0.29, 0.717) is 26.1 Å². The van der Waals surface area contributed by atoms with Gasteiger partial charge in [-0.1, -0.05) is 13.3 Å². The summed E-state index contributed by atoms with van der Waals surface area (Å²) in [6.45, 7) is 8.78. The molecule has 0 bridgehead atoms. The van der Waals surface area contributed by atoms with Crippen LogP contribution >= 0.6 is 0 Å². The third kappa shape index (κ3) is 8.22. The van der Waals surface area contributed by atoms with Crippen LogP contribution < -0.4 is 0 Å². The Bertz CT molecular complexity index is 669. The van der Waals surface area contributed by atoms with E-state index in [1.165, 1.54) is 0 Å². The molecule has 1 aromatic rings. The molecule has 1 unspecified atom stereocenters. The molecule has 3 heterocycles. The molecule has 0 spiro atoms. The molecule has 1 aromatic heterocycles. The quantitative estimate of drug-likeness (QED) is 0.461. The first kappa shape index (κ1) is 24.7. The first-order chi connectivity index (χ1) is 15.7. The van der Waals surface area contributed by atoms with Crippen molar-refractivity contribution in [1.82, 2.24) is 14.7 Å². The summed E-state index contributed by atoms with van der Waals surface area (Å²) in [7, 11) is 0. The van der Waals surface area contributed by atoms with E-state index in [1.54, 1.807) is 16.1 Å². The Labute approximate surface area is 191 Å². The van der Waals surface area contributed by atoms with Crippen molar-refractivity contribution in [2.45, 2.75) is 58.1 Å². The Morgan fingerprint density at radius 2 is 1.97 bits per heavy atom. The molecule has 2 aliphatic heterocycles. The maximum Gasteiger partial charge on any atom is 0.242 e. The zero-order valence-electron chi connectivity index (χ0n) is 19.5. The zero-order valence-corrected chi connectivity index (χ0v) is 19.5. The molecule has 0 saturated carbocycles. The predicted molar refractivity (Wildman–Crippen MR) is 121 cm³/mol. The van der Waals surface area contributed by atoms with Crippen molar-refractivity contribution in [1.29, 1.82) is 0 Å². The van der Waals surface area contributed by atoms with Crippen molar-refractivity contribution in [3.63, 3.8) is 0 Å². The zero-order chi connectivity index (χ0) is 22.6. The van der Waals surface area contributed by atoms with Gasteiger partial charge in [-0.25, -0.2) is 0 Å². The number of amides is 2. The third-order valence-corrected chi connectivity index (χ3v) is 6.16. The largest absolute Gasteiger partial charge is 0.467 e. The van der Waals surface area contributed by atoms with Crippen LogP contribution in [0, 0.1) is 0 Å². The van der Waals surface area contributed by atoms with Gasteiger partial charge in [0.1, 0.15) is 5.76 Å². The molecule has 2 amide bonds. The van der Waals surface area contributed by atoms with Crippen LogP contribution in [0.15, 0.2) is 22.8 Å². The van der Waals surface area contributed by atoms with Gasteiger partial charge in [0.2, 0.25) is 11.8 Å². The summed E-state index contributed by atoms with van der Waals surface area (Å²) in [6, 6.07) is 3.71. The molecule has 1 atom stereocenters. The Morgan fingerprint density at radius 3 is 2.66 bits per heavy atom. The van der Waals surface area contributed by atoms with Crippen molar-refractivity contribution < 1.29 is 23.5 Å². The molecule has 0 aromatic carbocycles. The van der Waals surface area contributed by atoms with E-state index in [-0.39, 0.29) is 24.5 Å². The van der Waals surface area contributed by atoms with Crippen molar-refractivity contribution >= 4 is 11.8 Å². The number of hydrogen-bond acceptors (Lipinski definition) is 6. The lowest BCUT2D eigenvalue weighted by Gasteiger charge is -2.30. The smallest absolute Gasteiger partial charge is 0.242 e. The fourth-order valence-corrected chi connectivity index (χ4v) is 4.23. The summed E-state index contributed by atoms with van der Waals surface area (Å²) in [6.07, 6.45) is 6.82. The van der Waals surface area contributed by atoms with Gasteiger partial charge in [0.25, 0.3) is 0 Å². The highest BCUT2D eigenvalue weighted by Gasteiger charge is 2.26. The average molecular weight is 450 g/mol. The Hall–Kier alpha value is -1.90. The number of morpholine rings is 1. The standard InChI is InChI=1S/C24H39N3O5/c1-2-3-9-23(28)26(11-6-10-25-12-16-30-17-13-25)20-24(29)27(18-21-7-4-14-31-21)19-22-8-5-15-32-22/h4,7,14,22H,2-3,5-6,8-13,15-20H2,1H3. The van der Waals surface area contributed by atoms with Gasteiger partial charge in [-0.15, -0.1) is 0 Å². The molecule has 3 rings (SSSR count). The monoisotopic (exact) mass is 449 g/mol. The van der Waals surface area contributed by atoms with Crippen molar-refractivity contribution in [2.24, 2.45) is 0 Å². The van der Waals surface area contributed by atoms with Gasteiger partial charge >= 0.3 is 0 Å². The van der Waals surface area contributed by atoms with E-state index < -0.39 is 0 Å². The molecule has 0 radical (unpaired) electrons. The van der Waals surface area contributed by atoms with Crippen LogP contribution in [0.25, 0.3) is 0 Å². The van der Waals surface area contributed by atoms with Crippen LogP contribution in [-0.2, 0) is 25.6 Å². The second-order valence-corrected chi connectivity index (χ2v) is 8.72. The minimum Gasteiger partial charge on any atom is -0.467 e.